The van der Waals surface area contributed by atoms with E-state index in [1.807, 2.05) is 0 Å². The minimum absolute atomic E-state index is 0.507. The third-order valence-electron chi connectivity index (χ3n) is 6.59. The van der Waals surface area contributed by atoms with Gasteiger partial charge in [0.2, 0.25) is 6.34 Å². The molecule has 0 atom stereocenters. The van der Waals surface area contributed by atoms with Gasteiger partial charge in [0.1, 0.15) is 11.4 Å². The Kier molecular flexibility index (Phi) is 7.62. The molecule has 0 spiro atoms. The van der Waals surface area contributed by atoms with Crippen LogP contribution in [0, 0.1) is 0 Å². The topological polar surface area (TPSA) is 6.25 Å². The molecule has 168 valence electrons. The summed E-state index contributed by atoms with van der Waals surface area (Å²) in [5.41, 5.74) is 8.73. The predicted octanol–water partition coefficient (Wildman–Crippen LogP) is 8.15. The first-order valence-electron chi connectivity index (χ1n) is 12.4. The van der Waals surface area contributed by atoms with Crippen LogP contribution in [0.3, 0.4) is 0 Å². The Labute approximate surface area is 191 Å². The van der Waals surface area contributed by atoms with E-state index in [9.17, 15) is 0 Å². The molecule has 0 amide bonds. The average Bonchev–Trinajstić information content (AvgIpc) is 2.98. The van der Waals surface area contributed by atoms with Crippen molar-refractivity contribution in [3.8, 4) is 0 Å². The van der Waals surface area contributed by atoms with Gasteiger partial charge in [-0.1, -0.05) is 91.8 Å². The minimum Gasteiger partial charge on any atom is -0.233 e. The van der Waals surface area contributed by atoms with E-state index < -0.39 is 0 Å². The Hall–Kier alpha value is -2.09. The first kappa shape index (κ1) is 23.6. The summed E-state index contributed by atoms with van der Waals surface area (Å²) in [5.74, 6) is 2.03. The maximum absolute atomic E-state index is 2.57. The highest BCUT2D eigenvalue weighted by Crippen LogP contribution is 2.38. The van der Waals surface area contributed by atoms with Gasteiger partial charge in [-0.25, -0.2) is 9.48 Å². The fourth-order valence-electron chi connectivity index (χ4n) is 4.87. The van der Waals surface area contributed by atoms with Gasteiger partial charge in [-0.3, -0.25) is 0 Å². The first-order chi connectivity index (χ1) is 14.7. The third-order valence-corrected chi connectivity index (χ3v) is 6.59. The average molecular weight is 420 g/mol. The fourth-order valence-corrected chi connectivity index (χ4v) is 4.87. The highest BCUT2D eigenvalue weighted by Gasteiger charge is 2.28. The van der Waals surface area contributed by atoms with Crippen LogP contribution in [0.15, 0.2) is 36.4 Å². The third kappa shape index (κ3) is 5.05. The van der Waals surface area contributed by atoms with Gasteiger partial charge in [0.25, 0.3) is 0 Å². The van der Waals surface area contributed by atoms with Crippen LogP contribution in [0.1, 0.15) is 114 Å². The Morgan fingerprint density at radius 1 is 0.645 bits per heavy atom. The smallest absolute Gasteiger partial charge is 0.233 e. The van der Waals surface area contributed by atoms with E-state index in [2.05, 4.69) is 108 Å². The molecule has 0 N–H and O–H groups in total. The van der Waals surface area contributed by atoms with Crippen LogP contribution in [0.25, 0.3) is 0 Å². The van der Waals surface area contributed by atoms with Gasteiger partial charge in [0.15, 0.2) is 0 Å². The van der Waals surface area contributed by atoms with Gasteiger partial charge >= 0.3 is 0 Å². The summed E-state index contributed by atoms with van der Waals surface area (Å²) in [4.78, 5) is 2.57. The standard InChI is InChI=1S/C29H43N2/c1-20(2)24-13-11-14-25(21(3)4)28(24)30-17-9-10-18-31(19-30)29-26(22(5)6)15-12-16-27(29)23(7)8/h11-16,19-23H,9-10,17-18H2,1-8H3/q+1. The number of hydrogen-bond donors (Lipinski definition) is 0. The van der Waals surface area contributed by atoms with Gasteiger partial charge in [0, 0.05) is 22.3 Å². The summed E-state index contributed by atoms with van der Waals surface area (Å²) in [5, 5.41) is 0. The number of nitrogens with zero attached hydrogens (tertiary/aromatic N) is 2. The second kappa shape index (κ2) is 10.0. The molecule has 1 aliphatic rings. The van der Waals surface area contributed by atoms with Gasteiger partial charge in [-0.2, -0.15) is 0 Å². The number of hydrogen-bond acceptors (Lipinski definition) is 1. The molecule has 3 rings (SSSR count). The van der Waals surface area contributed by atoms with E-state index in [0.29, 0.717) is 23.7 Å². The molecule has 2 aromatic rings. The lowest BCUT2D eigenvalue weighted by Gasteiger charge is -2.24. The summed E-state index contributed by atoms with van der Waals surface area (Å²) < 4.78 is 2.57. The molecule has 0 bridgehead atoms. The monoisotopic (exact) mass is 419 g/mol. The lowest BCUT2D eigenvalue weighted by atomic mass is 9.92. The zero-order valence-corrected chi connectivity index (χ0v) is 21.1. The summed E-state index contributed by atoms with van der Waals surface area (Å²) in [6.07, 6.45) is 4.88. The molecule has 0 radical (unpaired) electrons. The summed E-state index contributed by atoms with van der Waals surface area (Å²) in [6.45, 7) is 20.8. The first-order valence-corrected chi connectivity index (χ1v) is 12.4. The Bertz CT molecular complexity index is 866. The molecule has 0 aliphatic carbocycles. The predicted molar refractivity (Wildman–Crippen MR) is 137 cm³/mol. The van der Waals surface area contributed by atoms with Crippen LogP contribution in [-0.4, -0.2) is 24.0 Å². The quantitative estimate of drug-likeness (QED) is 0.428. The number of anilines is 1. The van der Waals surface area contributed by atoms with E-state index in [-0.39, 0.29) is 0 Å². The van der Waals surface area contributed by atoms with E-state index >= 15 is 0 Å². The SMILES string of the molecule is CC(C)c1cccc(C(C)C)c1N1C=[N+](c2c(C(C)C)cccc2C(C)C)CCCC1. The molecule has 1 aliphatic heterocycles. The van der Waals surface area contributed by atoms with Crippen molar-refractivity contribution >= 4 is 17.7 Å². The van der Waals surface area contributed by atoms with Crippen molar-refractivity contribution in [2.24, 2.45) is 0 Å². The zero-order chi connectivity index (χ0) is 22.7. The van der Waals surface area contributed by atoms with Crippen LogP contribution in [0.2, 0.25) is 0 Å². The Morgan fingerprint density at radius 2 is 1.10 bits per heavy atom. The van der Waals surface area contributed by atoms with Crippen LogP contribution in [-0.2, 0) is 0 Å². The summed E-state index contributed by atoms with van der Waals surface area (Å²) in [6, 6.07) is 13.8. The van der Waals surface area contributed by atoms with Gasteiger partial charge in [-0.15, -0.1) is 0 Å². The molecule has 0 saturated carbocycles. The molecule has 1 heterocycles. The molecule has 0 unspecified atom stereocenters. The summed E-state index contributed by atoms with van der Waals surface area (Å²) in [7, 11) is 0. The minimum atomic E-state index is 0.507. The van der Waals surface area contributed by atoms with Crippen molar-refractivity contribution in [2.75, 3.05) is 18.0 Å². The Morgan fingerprint density at radius 3 is 1.55 bits per heavy atom. The van der Waals surface area contributed by atoms with Gasteiger partial charge < -0.3 is 0 Å². The van der Waals surface area contributed by atoms with E-state index in [1.54, 1.807) is 0 Å². The molecule has 0 aromatic heterocycles. The van der Waals surface area contributed by atoms with Crippen molar-refractivity contribution in [3.05, 3.63) is 58.7 Å². The van der Waals surface area contributed by atoms with Crippen molar-refractivity contribution in [2.45, 2.75) is 91.9 Å². The van der Waals surface area contributed by atoms with Crippen molar-refractivity contribution < 1.29 is 4.58 Å². The molecule has 2 nitrogen and oxygen atoms in total. The van der Waals surface area contributed by atoms with E-state index in [4.69, 9.17) is 0 Å². The van der Waals surface area contributed by atoms with Crippen LogP contribution >= 0.6 is 0 Å². The maximum atomic E-state index is 2.57. The van der Waals surface area contributed by atoms with Crippen LogP contribution in [0.4, 0.5) is 11.4 Å². The molecule has 0 fully saturated rings. The second-order valence-electron chi connectivity index (χ2n) is 10.4. The largest absolute Gasteiger partial charge is 0.244 e. The maximum Gasteiger partial charge on any atom is 0.244 e. The normalized spacial score (nSPS) is 15.2. The van der Waals surface area contributed by atoms with Crippen molar-refractivity contribution in [3.63, 3.8) is 0 Å². The lowest BCUT2D eigenvalue weighted by molar-refractivity contribution is -0.437. The molecular formula is C29H43N2+. The highest BCUT2D eigenvalue weighted by molar-refractivity contribution is 5.81. The fraction of sp³-hybridized carbons (Fsp3) is 0.552. The second-order valence-corrected chi connectivity index (χ2v) is 10.4. The molecular weight excluding hydrogens is 376 g/mol. The van der Waals surface area contributed by atoms with Crippen LogP contribution < -0.4 is 4.90 Å². The molecule has 31 heavy (non-hydrogen) atoms. The molecule has 0 saturated heterocycles. The zero-order valence-electron chi connectivity index (χ0n) is 21.1. The van der Waals surface area contributed by atoms with E-state index in [0.717, 1.165) is 13.1 Å². The van der Waals surface area contributed by atoms with Crippen LogP contribution in [0.5, 0.6) is 0 Å². The lowest BCUT2D eigenvalue weighted by Crippen LogP contribution is -2.28. The molecule has 2 heteroatoms. The number of para-hydroxylation sites is 2. The summed E-state index contributed by atoms with van der Waals surface area (Å²) >= 11 is 0. The molecule has 2 aromatic carbocycles. The van der Waals surface area contributed by atoms with Gasteiger partial charge in [0.05, 0.1) is 13.1 Å². The highest BCUT2D eigenvalue weighted by atomic mass is 15.2. The number of benzene rings is 2. The van der Waals surface area contributed by atoms with E-state index in [1.165, 1.54) is 46.5 Å². The van der Waals surface area contributed by atoms with Gasteiger partial charge in [-0.05, 0) is 36.5 Å². The Balaban J connectivity index is 2.23. The van der Waals surface area contributed by atoms with Crippen molar-refractivity contribution in [1.29, 1.82) is 0 Å². The van der Waals surface area contributed by atoms with Crippen molar-refractivity contribution in [1.82, 2.24) is 0 Å². The number of rotatable bonds is 6.